The van der Waals surface area contributed by atoms with Gasteiger partial charge in [0.05, 0.1) is 16.6 Å². The van der Waals surface area contributed by atoms with Gasteiger partial charge in [0.1, 0.15) is 22.5 Å². The summed E-state index contributed by atoms with van der Waals surface area (Å²) in [5.41, 5.74) is 0.190. The highest BCUT2D eigenvalue weighted by molar-refractivity contribution is 7.89. The summed E-state index contributed by atoms with van der Waals surface area (Å²) in [6, 6.07) is 5.62. The highest BCUT2D eigenvalue weighted by atomic mass is 32.2. The molecule has 0 unspecified atom stereocenters. The topological polar surface area (TPSA) is 92.3 Å². The lowest BCUT2D eigenvalue weighted by atomic mass is 10.2. The third kappa shape index (κ3) is 4.25. The van der Waals surface area contributed by atoms with Crippen LogP contribution in [0.3, 0.4) is 0 Å². The van der Waals surface area contributed by atoms with Crippen molar-refractivity contribution < 1.29 is 26.4 Å². The van der Waals surface area contributed by atoms with E-state index in [9.17, 15) is 26.4 Å². The minimum Gasteiger partial charge on any atom is -0.317 e. The largest absolute Gasteiger partial charge is 0.317 e. The van der Waals surface area contributed by atoms with Crippen LogP contribution in [0.25, 0.3) is 0 Å². The average molecular weight is 483 g/mol. The number of aryl methyl sites for hydroxylation is 1. The van der Waals surface area contributed by atoms with E-state index in [0.29, 0.717) is 29.5 Å². The van der Waals surface area contributed by atoms with Crippen LogP contribution in [0.15, 0.2) is 41.3 Å². The summed E-state index contributed by atoms with van der Waals surface area (Å²) in [7, 11) is -4.01. The number of rotatable bonds is 5. The zero-order chi connectivity index (χ0) is 23.0. The van der Waals surface area contributed by atoms with E-state index in [1.165, 1.54) is 16.4 Å². The number of aromatic nitrogens is 2. The minimum atomic E-state index is -4.01. The van der Waals surface area contributed by atoms with Crippen molar-refractivity contribution in [1.82, 2.24) is 14.5 Å². The van der Waals surface area contributed by atoms with Crippen LogP contribution in [-0.4, -0.2) is 35.4 Å². The van der Waals surface area contributed by atoms with Crippen LogP contribution in [0.1, 0.15) is 39.3 Å². The molecule has 1 aromatic heterocycles. The van der Waals surface area contributed by atoms with Crippen molar-refractivity contribution in [1.29, 1.82) is 0 Å². The summed E-state index contributed by atoms with van der Waals surface area (Å²) in [4.78, 5) is 12.3. The molecule has 0 saturated carbocycles. The van der Waals surface area contributed by atoms with Crippen molar-refractivity contribution >= 4 is 33.0 Å². The molecule has 1 aliphatic rings. The van der Waals surface area contributed by atoms with Gasteiger partial charge in [0, 0.05) is 12.6 Å². The SMILES string of the molecule is Cc1ccc(F)cc1S(=O)(=O)N1CCC[C@H]1c1nnc(C(=O)Nc2ccc(F)cc2F)s1. The van der Waals surface area contributed by atoms with Gasteiger partial charge in [0.25, 0.3) is 5.91 Å². The fourth-order valence-electron chi connectivity index (χ4n) is 3.48. The zero-order valence-electron chi connectivity index (χ0n) is 16.7. The first kappa shape index (κ1) is 22.4. The summed E-state index contributed by atoms with van der Waals surface area (Å²) in [6.45, 7) is 1.80. The Balaban J connectivity index is 1.58. The molecule has 168 valence electrons. The number of sulfonamides is 1. The zero-order valence-corrected chi connectivity index (χ0v) is 18.3. The molecule has 32 heavy (non-hydrogen) atoms. The Kier molecular flexibility index (Phi) is 6.01. The van der Waals surface area contributed by atoms with Crippen molar-refractivity contribution in [3.63, 3.8) is 0 Å². The predicted molar refractivity (Wildman–Crippen MR) is 111 cm³/mol. The fraction of sp³-hybridized carbons (Fsp3) is 0.250. The van der Waals surface area contributed by atoms with Crippen LogP contribution in [-0.2, 0) is 10.0 Å². The quantitative estimate of drug-likeness (QED) is 0.593. The van der Waals surface area contributed by atoms with E-state index in [1.54, 1.807) is 6.92 Å². The van der Waals surface area contributed by atoms with Crippen LogP contribution >= 0.6 is 11.3 Å². The number of carbonyl (C=O) groups is 1. The van der Waals surface area contributed by atoms with Gasteiger partial charge in [-0.3, -0.25) is 4.79 Å². The number of benzene rings is 2. The lowest BCUT2D eigenvalue weighted by molar-refractivity contribution is 0.102. The molecule has 0 spiro atoms. The molecule has 1 saturated heterocycles. The maximum atomic E-state index is 13.8. The van der Waals surface area contributed by atoms with Crippen molar-refractivity contribution in [2.24, 2.45) is 0 Å². The van der Waals surface area contributed by atoms with Gasteiger partial charge in [-0.15, -0.1) is 10.2 Å². The van der Waals surface area contributed by atoms with E-state index >= 15 is 0 Å². The van der Waals surface area contributed by atoms with Crippen molar-refractivity contribution in [3.8, 4) is 0 Å². The van der Waals surface area contributed by atoms with E-state index in [-0.39, 0.29) is 22.1 Å². The molecule has 1 N–H and O–H groups in total. The summed E-state index contributed by atoms with van der Waals surface area (Å²) in [5.74, 6) is -3.14. The lowest BCUT2D eigenvalue weighted by Crippen LogP contribution is -2.31. The Morgan fingerprint density at radius 2 is 1.84 bits per heavy atom. The number of halogens is 3. The van der Waals surface area contributed by atoms with Gasteiger partial charge < -0.3 is 5.32 Å². The molecule has 7 nitrogen and oxygen atoms in total. The van der Waals surface area contributed by atoms with Crippen LogP contribution in [0.2, 0.25) is 0 Å². The summed E-state index contributed by atoms with van der Waals surface area (Å²) >= 11 is 0.878. The fourth-order valence-corrected chi connectivity index (χ4v) is 6.33. The highest BCUT2D eigenvalue weighted by Gasteiger charge is 2.39. The Labute approximate surface area is 186 Å². The summed E-state index contributed by atoms with van der Waals surface area (Å²) in [5, 5.41) is 10.3. The van der Waals surface area contributed by atoms with Crippen molar-refractivity contribution in [2.75, 3.05) is 11.9 Å². The molecular formula is C20H17F3N4O3S2. The van der Waals surface area contributed by atoms with E-state index in [2.05, 4.69) is 15.5 Å². The van der Waals surface area contributed by atoms with E-state index in [0.717, 1.165) is 29.5 Å². The van der Waals surface area contributed by atoms with Gasteiger partial charge in [-0.2, -0.15) is 4.31 Å². The molecule has 1 fully saturated rings. The predicted octanol–water partition coefficient (Wildman–Crippen LogP) is 4.04. The number of hydrogen-bond donors (Lipinski definition) is 1. The molecule has 4 rings (SSSR count). The third-order valence-electron chi connectivity index (χ3n) is 5.04. The molecule has 12 heteroatoms. The minimum absolute atomic E-state index is 0.102. The number of nitrogens with one attached hydrogen (secondary N) is 1. The number of anilines is 1. The van der Waals surface area contributed by atoms with E-state index < -0.39 is 39.4 Å². The molecule has 0 aliphatic carbocycles. The summed E-state index contributed by atoms with van der Waals surface area (Å²) in [6.07, 6.45) is 1.01. The molecular weight excluding hydrogens is 465 g/mol. The molecule has 2 aromatic carbocycles. The standard InChI is InChI=1S/C20H17F3N4O3S2/c1-11-4-5-13(22)10-17(11)32(29,30)27-8-2-3-16(27)19-25-26-20(31-19)18(28)24-15-7-6-12(21)9-14(15)23/h4-7,9-10,16H,2-3,8H2,1H3,(H,24,28)/t16-/m0/s1. The smallest absolute Gasteiger partial charge is 0.286 e. The molecule has 0 radical (unpaired) electrons. The van der Waals surface area contributed by atoms with Crippen molar-refractivity contribution in [2.45, 2.75) is 30.7 Å². The Bertz CT molecular complexity index is 1300. The third-order valence-corrected chi connectivity index (χ3v) is 8.11. The first-order valence-corrected chi connectivity index (χ1v) is 11.8. The molecule has 1 amide bonds. The lowest BCUT2D eigenvalue weighted by Gasteiger charge is -2.23. The normalized spacial score (nSPS) is 16.9. The van der Waals surface area contributed by atoms with Gasteiger partial charge in [0.2, 0.25) is 15.0 Å². The van der Waals surface area contributed by atoms with E-state index in [1.807, 2.05) is 0 Å². The first-order chi connectivity index (χ1) is 15.2. The van der Waals surface area contributed by atoms with Crippen LogP contribution < -0.4 is 5.32 Å². The first-order valence-electron chi connectivity index (χ1n) is 9.54. The highest BCUT2D eigenvalue weighted by Crippen LogP contribution is 2.38. The van der Waals surface area contributed by atoms with Gasteiger partial charge in [-0.1, -0.05) is 17.4 Å². The molecule has 2 heterocycles. The molecule has 3 aromatic rings. The van der Waals surface area contributed by atoms with Crippen molar-refractivity contribution in [3.05, 3.63) is 69.4 Å². The second kappa shape index (κ2) is 8.60. The van der Waals surface area contributed by atoms with Crippen LogP contribution in [0.4, 0.5) is 18.9 Å². The average Bonchev–Trinajstić information content (AvgIpc) is 3.41. The molecule has 1 atom stereocenters. The number of nitrogens with zero attached hydrogens (tertiary/aromatic N) is 3. The number of amides is 1. The van der Waals surface area contributed by atoms with Gasteiger partial charge in [-0.05, 0) is 49.6 Å². The summed E-state index contributed by atoms with van der Waals surface area (Å²) < 4.78 is 68.2. The maximum absolute atomic E-state index is 13.8. The van der Waals surface area contributed by atoms with Gasteiger partial charge in [-0.25, -0.2) is 21.6 Å². The maximum Gasteiger partial charge on any atom is 0.286 e. The second-order valence-electron chi connectivity index (χ2n) is 7.21. The Morgan fingerprint density at radius 3 is 2.59 bits per heavy atom. The van der Waals surface area contributed by atoms with Gasteiger partial charge >= 0.3 is 0 Å². The Morgan fingerprint density at radius 1 is 1.12 bits per heavy atom. The Hall–Kier alpha value is -2.83. The van der Waals surface area contributed by atoms with Gasteiger partial charge in [0.15, 0.2) is 0 Å². The monoisotopic (exact) mass is 482 g/mol. The second-order valence-corrected chi connectivity index (χ2v) is 10.1. The van der Waals surface area contributed by atoms with E-state index in [4.69, 9.17) is 0 Å². The molecule has 0 bridgehead atoms. The number of carbonyl (C=O) groups excluding carboxylic acids is 1. The van der Waals surface area contributed by atoms with Crippen LogP contribution in [0.5, 0.6) is 0 Å². The molecule has 1 aliphatic heterocycles. The number of hydrogen-bond acceptors (Lipinski definition) is 6. The van der Waals surface area contributed by atoms with Crippen LogP contribution in [0, 0.1) is 24.4 Å².